The van der Waals surface area contributed by atoms with Gasteiger partial charge in [0.1, 0.15) is 5.82 Å². The second-order valence-corrected chi connectivity index (χ2v) is 10.1. The largest absolute Gasteiger partial charge is 0.298 e. The van der Waals surface area contributed by atoms with E-state index in [1.165, 1.54) is 23.5 Å². The molecule has 6 nitrogen and oxygen atoms in total. The van der Waals surface area contributed by atoms with Gasteiger partial charge >= 0.3 is 0 Å². The van der Waals surface area contributed by atoms with Gasteiger partial charge in [-0.2, -0.15) is 0 Å². The van der Waals surface area contributed by atoms with Crippen molar-refractivity contribution in [3.8, 4) is 11.3 Å². The van der Waals surface area contributed by atoms with Gasteiger partial charge in [-0.1, -0.05) is 35.3 Å². The summed E-state index contributed by atoms with van der Waals surface area (Å²) in [5.41, 5.74) is 1.30. The lowest BCUT2D eigenvalue weighted by Crippen LogP contribution is -2.18. The molecule has 0 atom stereocenters. The van der Waals surface area contributed by atoms with Crippen molar-refractivity contribution in [1.82, 2.24) is 4.98 Å². The molecule has 1 heterocycles. The Labute approximate surface area is 203 Å². The van der Waals surface area contributed by atoms with Crippen LogP contribution in [0.5, 0.6) is 0 Å². The molecule has 4 aromatic rings. The smallest absolute Gasteiger partial charge is 0.261 e. The molecule has 0 bridgehead atoms. The molecule has 11 heteroatoms. The molecule has 4 rings (SSSR count). The average molecular weight is 522 g/mol. The average Bonchev–Trinajstić information content (AvgIpc) is 3.24. The summed E-state index contributed by atoms with van der Waals surface area (Å²) in [6.07, 6.45) is 0. The maximum absolute atomic E-state index is 13.1. The molecule has 0 radical (unpaired) electrons. The fourth-order valence-electron chi connectivity index (χ4n) is 2.90. The Morgan fingerprint density at radius 2 is 1.73 bits per heavy atom. The third kappa shape index (κ3) is 5.33. The Balaban J connectivity index is 1.56. The molecule has 1 aromatic heterocycles. The highest BCUT2D eigenvalue weighted by molar-refractivity contribution is 7.92. The van der Waals surface area contributed by atoms with Crippen LogP contribution < -0.4 is 10.0 Å². The number of anilines is 2. The topological polar surface area (TPSA) is 88.2 Å². The highest BCUT2D eigenvalue weighted by atomic mass is 35.5. The van der Waals surface area contributed by atoms with E-state index in [1.54, 1.807) is 35.7 Å². The Bertz CT molecular complexity index is 1440. The lowest BCUT2D eigenvalue weighted by molar-refractivity contribution is 0.102. The van der Waals surface area contributed by atoms with Crippen LogP contribution in [-0.2, 0) is 10.0 Å². The first kappa shape index (κ1) is 23.2. The molecular formula is C22H14Cl2FN3O3S2. The number of hydrogen-bond acceptors (Lipinski definition) is 5. The van der Waals surface area contributed by atoms with Gasteiger partial charge in [-0.15, -0.1) is 11.3 Å². The lowest BCUT2D eigenvalue weighted by atomic mass is 10.2. The van der Waals surface area contributed by atoms with Crippen LogP contribution in [0.25, 0.3) is 11.3 Å². The number of halogens is 3. The number of hydrogen-bond donors (Lipinski definition) is 2. The summed E-state index contributed by atoms with van der Waals surface area (Å²) in [6.45, 7) is 0. The van der Waals surface area contributed by atoms with Crippen LogP contribution in [0.3, 0.4) is 0 Å². The molecular weight excluding hydrogens is 508 g/mol. The van der Waals surface area contributed by atoms with Crippen LogP contribution >= 0.6 is 34.5 Å². The predicted octanol–water partition coefficient (Wildman–Crippen LogP) is 6.31. The summed E-state index contributed by atoms with van der Waals surface area (Å²) in [6, 6.07) is 15.5. The Hall–Kier alpha value is -2.98. The van der Waals surface area contributed by atoms with Gasteiger partial charge in [-0.05, 0) is 54.6 Å². The van der Waals surface area contributed by atoms with E-state index in [1.807, 2.05) is 0 Å². The van der Waals surface area contributed by atoms with Gasteiger partial charge in [0.05, 0.1) is 26.9 Å². The number of aromatic nitrogens is 1. The number of nitrogens with one attached hydrogen (secondary N) is 2. The first-order chi connectivity index (χ1) is 15.7. The van der Waals surface area contributed by atoms with E-state index in [9.17, 15) is 17.6 Å². The molecule has 0 aliphatic carbocycles. The molecule has 2 N–H and O–H groups in total. The zero-order chi connectivity index (χ0) is 23.6. The molecule has 0 aliphatic rings. The van der Waals surface area contributed by atoms with E-state index in [0.717, 1.165) is 24.3 Å². The molecule has 3 aromatic carbocycles. The number of sulfonamides is 1. The van der Waals surface area contributed by atoms with Crippen molar-refractivity contribution in [3.63, 3.8) is 0 Å². The monoisotopic (exact) mass is 521 g/mol. The zero-order valence-corrected chi connectivity index (χ0v) is 19.7. The van der Waals surface area contributed by atoms with Crippen LogP contribution in [0.4, 0.5) is 15.2 Å². The Kier molecular flexibility index (Phi) is 6.66. The molecule has 0 aliphatic heterocycles. The van der Waals surface area contributed by atoms with Crippen molar-refractivity contribution < 1.29 is 17.6 Å². The van der Waals surface area contributed by atoms with Gasteiger partial charge in [0.15, 0.2) is 5.13 Å². The van der Waals surface area contributed by atoms with Gasteiger partial charge in [0, 0.05) is 16.0 Å². The zero-order valence-electron chi connectivity index (χ0n) is 16.6. The van der Waals surface area contributed by atoms with Gasteiger partial charge in [0.2, 0.25) is 0 Å². The fraction of sp³-hybridized carbons (Fsp3) is 0. The van der Waals surface area contributed by atoms with E-state index in [4.69, 9.17) is 23.2 Å². The SMILES string of the molecule is O=C(Nc1nc(-c2cc(Cl)ccc2Cl)cs1)c1ccccc1NS(=O)(=O)c1ccc(F)cc1. The predicted molar refractivity (Wildman–Crippen MR) is 129 cm³/mol. The standard InChI is InChI=1S/C22H14Cl2FN3O3S2/c23-13-5-10-18(24)17(11-13)20-12-32-22(26-20)27-21(29)16-3-1-2-4-19(16)28-33(30,31)15-8-6-14(25)7-9-15/h1-12,28H,(H,26,27,29). The van der Waals surface area contributed by atoms with Crippen molar-refractivity contribution in [1.29, 1.82) is 0 Å². The van der Waals surface area contributed by atoms with Crippen molar-refractivity contribution in [2.24, 2.45) is 0 Å². The molecule has 0 saturated heterocycles. The van der Waals surface area contributed by atoms with Crippen LogP contribution in [0.1, 0.15) is 10.4 Å². The summed E-state index contributed by atoms with van der Waals surface area (Å²) in [4.78, 5) is 17.1. The second kappa shape index (κ2) is 9.48. The molecule has 1 amide bonds. The molecule has 0 unspecified atom stereocenters. The lowest BCUT2D eigenvalue weighted by Gasteiger charge is -2.12. The quantitative estimate of drug-likeness (QED) is 0.311. The van der Waals surface area contributed by atoms with Gasteiger partial charge in [-0.3, -0.25) is 14.8 Å². The number of benzene rings is 3. The number of nitrogens with zero attached hydrogens (tertiary/aromatic N) is 1. The maximum atomic E-state index is 13.1. The van der Waals surface area contributed by atoms with Crippen molar-refractivity contribution in [3.05, 3.63) is 93.5 Å². The first-order valence-electron chi connectivity index (χ1n) is 9.33. The molecule has 33 heavy (non-hydrogen) atoms. The number of carbonyl (C=O) groups is 1. The van der Waals surface area contributed by atoms with Gasteiger partial charge in [0.25, 0.3) is 15.9 Å². The Morgan fingerprint density at radius 3 is 2.48 bits per heavy atom. The number of para-hydroxylation sites is 1. The van der Waals surface area contributed by atoms with Gasteiger partial charge in [-0.25, -0.2) is 17.8 Å². The minimum absolute atomic E-state index is 0.0639. The second-order valence-electron chi connectivity index (χ2n) is 6.72. The summed E-state index contributed by atoms with van der Waals surface area (Å²) in [5.74, 6) is -1.12. The third-order valence-electron chi connectivity index (χ3n) is 4.47. The van der Waals surface area contributed by atoms with Gasteiger partial charge < -0.3 is 0 Å². The van der Waals surface area contributed by atoms with E-state index in [-0.39, 0.29) is 16.1 Å². The van der Waals surface area contributed by atoms with Crippen molar-refractivity contribution in [2.75, 3.05) is 10.0 Å². The summed E-state index contributed by atoms with van der Waals surface area (Å²) in [5, 5.41) is 5.63. The summed E-state index contributed by atoms with van der Waals surface area (Å²) >= 11 is 13.4. The third-order valence-corrected chi connectivity index (χ3v) is 7.17. The Morgan fingerprint density at radius 1 is 1.00 bits per heavy atom. The number of rotatable bonds is 6. The van der Waals surface area contributed by atoms with Crippen LogP contribution in [0.2, 0.25) is 10.0 Å². The van der Waals surface area contributed by atoms with Crippen LogP contribution in [-0.4, -0.2) is 19.3 Å². The summed E-state index contributed by atoms with van der Waals surface area (Å²) in [7, 11) is -4.04. The highest BCUT2D eigenvalue weighted by Gasteiger charge is 2.20. The van der Waals surface area contributed by atoms with E-state index in [0.29, 0.717) is 26.4 Å². The summed E-state index contributed by atoms with van der Waals surface area (Å²) < 4.78 is 40.9. The molecule has 0 saturated carbocycles. The fourth-order valence-corrected chi connectivity index (χ4v) is 5.07. The highest BCUT2D eigenvalue weighted by Crippen LogP contribution is 2.33. The molecule has 0 fully saturated rings. The van der Waals surface area contributed by atoms with E-state index < -0.39 is 21.7 Å². The van der Waals surface area contributed by atoms with Crippen molar-refractivity contribution >= 4 is 61.3 Å². The normalized spacial score (nSPS) is 11.2. The maximum Gasteiger partial charge on any atom is 0.261 e. The minimum atomic E-state index is -4.04. The van der Waals surface area contributed by atoms with E-state index >= 15 is 0 Å². The van der Waals surface area contributed by atoms with E-state index in [2.05, 4.69) is 15.0 Å². The van der Waals surface area contributed by atoms with Crippen molar-refractivity contribution in [2.45, 2.75) is 4.90 Å². The molecule has 168 valence electrons. The molecule has 0 spiro atoms. The number of thiazole rings is 1. The number of amides is 1. The number of carbonyl (C=O) groups excluding carboxylic acids is 1. The first-order valence-corrected chi connectivity index (χ1v) is 12.4. The minimum Gasteiger partial charge on any atom is -0.298 e. The van der Waals surface area contributed by atoms with Crippen LogP contribution in [0.15, 0.2) is 77.0 Å². The van der Waals surface area contributed by atoms with Crippen LogP contribution in [0, 0.1) is 5.82 Å².